The molecule has 2 aromatic heterocycles. The quantitative estimate of drug-likeness (QED) is 0.113. The Kier molecular flexibility index (Phi) is 14.5. The molecule has 20 aromatic rings. The third-order valence-electron chi connectivity index (χ3n) is 24.2. The van der Waals surface area contributed by atoms with E-state index in [1.165, 1.54) is 184 Å². The highest BCUT2D eigenvalue weighted by molar-refractivity contribution is 7.26. The molecule has 2 heterocycles. The van der Waals surface area contributed by atoms with E-state index >= 15 is 0 Å². The lowest BCUT2D eigenvalue weighted by Crippen LogP contribution is -2.15. The zero-order chi connectivity index (χ0) is 73.1. The molecule has 18 aromatic carbocycles. The van der Waals surface area contributed by atoms with Crippen LogP contribution < -0.4 is 9.80 Å². The van der Waals surface area contributed by atoms with Gasteiger partial charge in [-0.2, -0.15) is 0 Å². The molecule has 22 rings (SSSR count). The summed E-state index contributed by atoms with van der Waals surface area (Å²) < 4.78 is 5.07. The Hall–Kier alpha value is -13.0. The number of fused-ring (bicyclic) bond motifs is 12. The molecule has 4 heteroatoms. The first-order valence-electron chi connectivity index (χ1n) is 38.3. The Morgan fingerprint density at radius 1 is 0.209 bits per heavy atom. The molecule has 0 saturated carbocycles. The molecule has 0 aliphatic heterocycles. The van der Waals surface area contributed by atoms with E-state index in [9.17, 15) is 0 Å². The summed E-state index contributed by atoms with van der Waals surface area (Å²) in [6.07, 6.45) is 0. The topological polar surface area (TPSA) is 6.48 Å². The maximum atomic E-state index is 2.57. The number of hydrogen-bond acceptors (Lipinski definition) is 4. The molecular weight excluding hydrogens is 1370 g/mol. The summed E-state index contributed by atoms with van der Waals surface area (Å²) in [5.41, 5.74) is 31.6. The normalized spacial score (nSPS) is 13.2. The van der Waals surface area contributed by atoms with Gasteiger partial charge in [-0.05, 0) is 218 Å². The van der Waals surface area contributed by atoms with E-state index in [1.54, 1.807) is 0 Å². The van der Waals surface area contributed by atoms with E-state index in [0.29, 0.717) is 0 Å². The van der Waals surface area contributed by atoms with Crippen LogP contribution in [0.2, 0.25) is 0 Å². The van der Waals surface area contributed by atoms with Crippen LogP contribution in [-0.2, 0) is 10.8 Å². The van der Waals surface area contributed by atoms with Gasteiger partial charge in [0.15, 0.2) is 0 Å². The van der Waals surface area contributed by atoms with E-state index in [2.05, 4.69) is 401 Å². The Balaban J connectivity index is 0.666. The van der Waals surface area contributed by atoms with Crippen molar-refractivity contribution in [1.29, 1.82) is 0 Å². The van der Waals surface area contributed by atoms with Gasteiger partial charge < -0.3 is 9.80 Å². The SMILES string of the molecule is CC1(C)c2cc(-c3ccc(-c4ccccc4)cc3)ccc2-c2ccc(-c3cccc(N(c4ccc5ccc6c(N(c7cccc(-c8ccc9c(c8)C(C)(C)c8cc(-c%10ccc(-c%11ccccc%11)cc%10)ccc8-9)c7)c7cccc8c7sc7ccccc78)ccc7ccc4c5c76)c4cccc5c4sc4ccccc45)c3)cc21. The summed E-state index contributed by atoms with van der Waals surface area (Å²) in [5.74, 6) is 0. The maximum Gasteiger partial charge on any atom is 0.0640 e. The second kappa shape index (κ2) is 24.8. The number of thiophene rings is 2. The largest absolute Gasteiger partial charge is 0.308 e. The lowest BCUT2D eigenvalue weighted by molar-refractivity contribution is 0.660. The molecule has 0 amide bonds. The van der Waals surface area contributed by atoms with Crippen molar-refractivity contribution in [2.75, 3.05) is 9.80 Å². The molecule has 0 radical (unpaired) electrons. The van der Waals surface area contributed by atoms with Gasteiger partial charge in [0.25, 0.3) is 0 Å². The number of benzene rings is 18. The Labute approximate surface area is 648 Å². The second-order valence-electron chi connectivity index (χ2n) is 31.0. The van der Waals surface area contributed by atoms with Gasteiger partial charge in [0, 0.05) is 63.9 Å². The van der Waals surface area contributed by atoms with Crippen LogP contribution in [0.1, 0.15) is 49.9 Å². The van der Waals surface area contributed by atoms with E-state index in [1.807, 2.05) is 22.7 Å². The van der Waals surface area contributed by atoms with Crippen molar-refractivity contribution < 1.29 is 0 Å². The first kappa shape index (κ1) is 64.2. The van der Waals surface area contributed by atoms with E-state index in [-0.39, 0.29) is 10.8 Å². The van der Waals surface area contributed by atoms with Crippen LogP contribution in [0.25, 0.3) is 162 Å². The summed E-state index contributed by atoms with van der Waals surface area (Å²) in [5, 5.41) is 12.4. The average molecular weight is 1440 g/mol. The average Bonchev–Trinajstić information content (AvgIpc) is 0.832. The molecule has 110 heavy (non-hydrogen) atoms. The molecule has 0 N–H and O–H groups in total. The Morgan fingerprint density at radius 3 is 0.891 bits per heavy atom. The van der Waals surface area contributed by atoms with Gasteiger partial charge in [0.2, 0.25) is 0 Å². The van der Waals surface area contributed by atoms with Crippen molar-refractivity contribution in [2.45, 2.75) is 38.5 Å². The fraction of sp³-hybridized carbons (Fsp3) is 0.0566. The molecule has 0 bridgehead atoms. The summed E-state index contributed by atoms with van der Waals surface area (Å²) in [6, 6.07) is 137. The summed E-state index contributed by atoms with van der Waals surface area (Å²) in [7, 11) is 0. The van der Waals surface area contributed by atoms with Crippen molar-refractivity contribution >= 4 is 129 Å². The van der Waals surface area contributed by atoms with E-state index in [4.69, 9.17) is 0 Å². The Bertz CT molecular complexity index is 6710. The van der Waals surface area contributed by atoms with Crippen LogP contribution in [0.4, 0.5) is 34.1 Å². The number of nitrogens with zero attached hydrogens (tertiary/aromatic N) is 2. The molecule has 0 spiro atoms. The standard InChI is InChI=1S/C106H72N2S2/c1-105(2)91-61-75(69-39-35-67(36-40-69)65-19-7-5-8-20-65)45-51-81(91)83-53-47-77(63-93(83)105)73-23-15-25-79(59-73)107(97-31-17-29-87-85-27-11-13-33-99(85)109-103(87)97)95-57-49-71-44-56-90-96(58-50-72-43-55-89(95)101(71)102(72)90)108(98-32-18-30-88-86-28-12-14-34-100(86)110-104(88)98)80-26-16-24-74(60-80)78-48-54-84-82-52-46-76(62-92(82)106(3,4)94(84)64-78)70-41-37-68(38-42-70)66-21-9-6-10-22-66/h5-64H,1-4H3. The van der Waals surface area contributed by atoms with Crippen LogP contribution in [0.15, 0.2) is 364 Å². The van der Waals surface area contributed by atoms with Crippen molar-refractivity contribution in [1.82, 2.24) is 0 Å². The highest BCUT2D eigenvalue weighted by atomic mass is 32.1. The maximum absolute atomic E-state index is 2.57. The summed E-state index contributed by atoms with van der Waals surface area (Å²) in [6.45, 7) is 9.62. The van der Waals surface area contributed by atoms with Gasteiger partial charge in [-0.25, -0.2) is 0 Å². The minimum Gasteiger partial charge on any atom is -0.308 e. The third-order valence-corrected chi connectivity index (χ3v) is 26.6. The molecule has 0 atom stereocenters. The second-order valence-corrected chi connectivity index (χ2v) is 33.2. The molecule has 0 unspecified atom stereocenters. The van der Waals surface area contributed by atoms with Crippen LogP contribution in [0, 0.1) is 0 Å². The van der Waals surface area contributed by atoms with Crippen molar-refractivity contribution in [3.8, 4) is 89.0 Å². The lowest BCUT2D eigenvalue weighted by atomic mass is 9.80. The highest BCUT2D eigenvalue weighted by Crippen LogP contribution is 2.56. The van der Waals surface area contributed by atoms with Gasteiger partial charge in [0.1, 0.15) is 0 Å². The van der Waals surface area contributed by atoms with E-state index < -0.39 is 0 Å². The predicted molar refractivity (Wildman–Crippen MR) is 473 cm³/mol. The minimum atomic E-state index is -0.227. The minimum absolute atomic E-state index is 0.227. The summed E-state index contributed by atoms with van der Waals surface area (Å²) >= 11 is 3.77. The van der Waals surface area contributed by atoms with Gasteiger partial charge in [-0.3, -0.25) is 0 Å². The van der Waals surface area contributed by atoms with Gasteiger partial charge >= 0.3 is 0 Å². The molecule has 0 fully saturated rings. The van der Waals surface area contributed by atoms with Crippen LogP contribution in [0.5, 0.6) is 0 Å². The summed E-state index contributed by atoms with van der Waals surface area (Å²) in [4.78, 5) is 5.13. The first-order valence-corrected chi connectivity index (χ1v) is 39.9. The molecule has 0 saturated heterocycles. The Morgan fingerprint density at radius 2 is 0.500 bits per heavy atom. The molecule has 518 valence electrons. The van der Waals surface area contributed by atoms with Crippen LogP contribution in [-0.4, -0.2) is 0 Å². The number of rotatable bonds is 12. The first-order chi connectivity index (χ1) is 54.0. The number of hydrogen-bond donors (Lipinski definition) is 0. The third kappa shape index (κ3) is 10.1. The van der Waals surface area contributed by atoms with Gasteiger partial charge in [-0.15, -0.1) is 22.7 Å². The fourth-order valence-corrected chi connectivity index (χ4v) is 21.0. The smallest absolute Gasteiger partial charge is 0.0640 e. The van der Waals surface area contributed by atoms with Crippen molar-refractivity contribution in [2.24, 2.45) is 0 Å². The predicted octanol–water partition coefficient (Wildman–Crippen LogP) is 30.9. The van der Waals surface area contributed by atoms with Gasteiger partial charge in [-0.1, -0.05) is 307 Å². The zero-order valence-corrected chi connectivity index (χ0v) is 63.0. The lowest BCUT2D eigenvalue weighted by Gasteiger charge is -2.30. The van der Waals surface area contributed by atoms with Crippen molar-refractivity contribution in [3.05, 3.63) is 386 Å². The highest BCUT2D eigenvalue weighted by Gasteiger charge is 2.38. The number of anilines is 6. The monoisotopic (exact) mass is 1440 g/mol. The van der Waals surface area contributed by atoms with Crippen LogP contribution >= 0.6 is 22.7 Å². The molecular formula is C106H72N2S2. The van der Waals surface area contributed by atoms with Crippen LogP contribution in [0.3, 0.4) is 0 Å². The molecule has 2 aliphatic carbocycles. The van der Waals surface area contributed by atoms with E-state index in [0.717, 1.165) is 34.1 Å². The molecule has 2 nitrogen and oxygen atoms in total. The van der Waals surface area contributed by atoms with Gasteiger partial charge in [0.05, 0.1) is 32.1 Å². The van der Waals surface area contributed by atoms with Crippen molar-refractivity contribution in [3.63, 3.8) is 0 Å². The fourth-order valence-electron chi connectivity index (χ4n) is 18.6. The molecule has 2 aliphatic rings. The zero-order valence-electron chi connectivity index (χ0n) is 61.4.